The molecule has 3 heteroatoms. The Labute approximate surface area is 106 Å². The molecule has 0 radical (unpaired) electrons. The van der Waals surface area contributed by atoms with Gasteiger partial charge >= 0.3 is 0 Å². The van der Waals surface area contributed by atoms with Gasteiger partial charge in [0.1, 0.15) is 12.1 Å². The SMILES string of the molecule is CCOn1c(-c2ccccc2)nc2ccccc21. The molecule has 0 saturated heterocycles. The fourth-order valence-electron chi connectivity index (χ4n) is 2.03. The van der Waals surface area contributed by atoms with Crippen molar-refractivity contribution in [1.82, 2.24) is 9.71 Å². The summed E-state index contributed by atoms with van der Waals surface area (Å²) in [6.07, 6.45) is 0. The Hall–Kier alpha value is -2.29. The number of nitrogens with zero attached hydrogens (tertiary/aromatic N) is 2. The average molecular weight is 238 g/mol. The first-order valence-electron chi connectivity index (χ1n) is 6.06. The van der Waals surface area contributed by atoms with Crippen molar-refractivity contribution >= 4 is 11.0 Å². The first kappa shape index (κ1) is 10.8. The van der Waals surface area contributed by atoms with Gasteiger partial charge in [-0.25, -0.2) is 4.98 Å². The van der Waals surface area contributed by atoms with Crippen molar-refractivity contribution in [1.29, 1.82) is 0 Å². The van der Waals surface area contributed by atoms with Crippen LogP contribution in [0.5, 0.6) is 0 Å². The largest absolute Gasteiger partial charge is 0.412 e. The van der Waals surface area contributed by atoms with Gasteiger partial charge in [-0.3, -0.25) is 0 Å². The molecule has 3 nitrogen and oxygen atoms in total. The van der Waals surface area contributed by atoms with Gasteiger partial charge in [0.15, 0.2) is 5.82 Å². The molecule has 0 spiro atoms. The highest BCUT2D eigenvalue weighted by molar-refractivity contribution is 5.80. The number of rotatable bonds is 3. The van der Waals surface area contributed by atoms with Gasteiger partial charge in [-0.2, -0.15) is 4.73 Å². The van der Waals surface area contributed by atoms with Crippen molar-refractivity contribution in [3.8, 4) is 11.4 Å². The number of aromatic nitrogens is 2. The van der Waals surface area contributed by atoms with Crippen LogP contribution >= 0.6 is 0 Å². The molecule has 0 bridgehead atoms. The molecule has 0 unspecified atom stereocenters. The van der Waals surface area contributed by atoms with Crippen LogP contribution in [0.25, 0.3) is 22.4 Å². The second-order valence-electron chi connectivity index (χ2n) is 4.00. The lowest BCUT2D eigenvalue weighted by atomic mass is 10.2. The van der Waals surface area contributed by atoms with E-state index < -0.39 is 0 Å². The van der Waals surface area contributed by atoms with Gasteiger partial charge in [0.25, 0.3) is 0 Å². The summed E-state index contributed by atoms with van der Waals surface area (Å²) in [6, 6.07) is 18.1. The smallest absolute Gasteiger partial charge is 0.176 e. The van der Waals surface area contributed by atoms with Crippen LogP contribution in [0.3, 0.4) is 0 Å². The van der Waals surface area contributed by atoms with E-state index in [0.717, 1.165) is 22.4 Å². The second-order valence-corrected chi connectivity index (χ2v) is 4.00. The number of hydrogen-bond donors (Lipinski definition) is 0. The first-order valence-corrected chi connectivity index (χ1v) is 6.06. The summed E-state index contributed by atoms with van der Waals surface area (Å²) in [5.74, 6) is 0.846. The van der Waals surface area contributed by atoms with Crippen molar-refractivity contribution in [3.63, 3.8) is 0 Å². The predicted molar refractivity (Wildman–Crippen MR) is 72.3 cm³/mol. The summed E-state index contributed by atoms with van der Waals surface area (Å²) in [5.41, 5.74) is 3.00. The molecular weight excluding hydrogens is 224 g/mol. The van der Waals surface area contributed by atoms with Crippen LogP contribution in [0.1, 0.15) is 6.92 Å². The van der Waals surface area contributed by atoms with Gasteiger partial charge in [-0.1, -0.05) is 42.5 Å². The van der Waals surface area contributed by atoms with E-state index in [-0.39, 0.29) is 0 Å². The monoisotopic (exact) mass is 238 g/mol. The Kier molecular flexibility index (Phi) is 2.73. The van der Waals surface area contributed by atoms with Crippen molar-refractivity contribution in [2.24, 2.45) is 0 Å². The number of para-hydroxylation sites is 2. The van der Waals surface area contributed by atoms with Crippen LogP contribution in [-0.4, -0.2) is 16.3 Å². The fourth-order valence-corrected chi connectivity index (χ4v) is 2.03. The van der Waals surface area contributed by atoms with Crippen LogP contribution in [0, 0.1) is 0 Å². The number of imidazole rings is 1. The third-order valence-corrected chi connectivity index (χ3v) is 2.81. The Morgan fingerprint density at radius 1 is 1.00 bits per heavy atom. The summed E-state index contributed by atoms with van der Waals surface area (Å²) >= 11 is 0. The van der Waals surface area contributed by atoms with E-state index in [9.17, 15) is 0 Å². The summed E-state index contributed by atoms with van der Waals surface area (Å²) < 4.78 is 1.81. The van der Waals surface area contributed by atoms with Gasteiger partial charge in [0, 0.05) is 5.56 Å². The highest BCUT2D eigenvalue weighted by atomic mass is 16.7. The Balaban J connectivity index is 2.25. The van der Waals surface area contributed by atoms with Crippen LogP contribution in [0.15, 0.2) is 54.6 Å². The molecule has 2 aromatic carbocycles. The van der Waals surface area contributed by atoms with Gasteiger partial charge in [0.2, 0.25) is 0 Å². The Morgan fingerprint density at radius 2 is 1.72 bits per heavy atom. The summed E-state index contributed by atoms with van der Waals surface area (Å²) in [5, 5.41) is 0. The molecular formula is C15H14N2O. The Morgan fingerprint density at radius 3 is 2.50 bits per heavy atom. The van der Waals surface area contributed by atoms with Crippen LogP contribution in [0.4, 0.5) is 0 Å². The topological polar surface area (TPSA) is 27.1 Å². The number of fused-ring (bicyclic) bond motifs is 1. The third kappa shape index (κ3) is 1.74. The first-order chi connectivity index (χ1) is 8.90. The van der Waals surface area contributed by atoms with E-state index in [1.54, 1.807) is 0 Å². The molecule has 0 aliphatic heterocycles. The maximum atomic E-state index is 5.70. The fraction of sp³-hybridized carbons (Fsp3) is 0.133. The minimum absolute atomic E-state index is 0.611. The number of hydrogen-bond acceptors (Lipinski definition) is 2. The van der Waals surface area contributed by atoms with Gasteiger partial charge in [-0.15, -0.1) is 0 Å². The minimum atomic E-state index is 0.611. The van der Waals surface area contributed by atoms with E-state index in [0.29, 0.717) is 6.61 Å². The molecule has 3 rings (SSSR count). The highest BCUT2D eigenvalue weighted by Gasteiger charge is 2.12. The molecule has 0 fully saturated rings. The lowest BCUT2D eigenvalue weighted by molar-refractivity contribution is 0.135. The summed E-state index contributed by atoms with van der Waals surface area (Å²) in [7, 11) is 0. The quantitative estimate of drug-likeness (QED) is 0.701. The van der Waals surface area contributed by atoms with Gasteiger partial charge in [-0.05, 0) is 19.1 Å². The van der Waals surface area contributed by atoms with E-state index in [1.165, 1.54) is 0 Å². The Bertz CT molecular complexity index is 659. The maximum absolute atomic E-state index is 5.70. The summed E-state index contributed by atoms with van der Waals surface area (Å²) in [6.45, 7) is 2.59. The predicted octanol–water partition coefficient (Wildman–Crippen LogP) is 3.15. The van der Waals surface area contributed by atoms with Crippen molar-refractivity contribution in [2.75, 3.05) is 6.61 Å². The average Bonchev–Trinajstić information content (AvgIpc) is 2.80. The molecule has 1 aromatic heterocycles. The molecule has 0 atom stereocenters. The summed E-state index contributed by atoms with van der Waals surface area (Å²) in [4.78, 5) is 10.3. The van der Waals surface area contributed by atoms with Gasteiger partial charge in [0.05, 0.1) is 5.52 Å². The molecule has 18 heavy (non-hydrogen) atoms. The van der Waals surface area contributed by atoms with E-state index in [1.807, 2.05) is 66.3 Å². The van der Waals surface area contributed by atoms with E-state index in [4.69, 9.17) is 4.84 Å². The number of benzene rings is 2. The lowest BCUT2D eigenvalue weighted by Crippen LogP contribution is -2.11. The van der Waals surface area contributed by atoms with Crippen LogP contribution < -0.4 is 4.84 Å². The molecule has 3 aromatic rings. The lowest BCUT2D eigenvalue weighted by Gasteiger charge is -2.08. The second kappa shape index (κ2) is 4.53. The highest BCUT2D eigenvalue weighted by Crippen LogP contribution is 2.23. The minimum Gasteiger partial charge on any atom is -0.412 e. The zero-order valence-electron chi connectivity index (χ0n) is 10.2. The van der Waals surface area contributed by atoms with Crippen molar-refractivity contribution < 1.29 is 4.84 Å². The molecule has 0 N–H and O–H groups in total. The zero-order chi connectivity index (χ0) is 12.4. The molecule has 0 saturated carbocycles. The molecule has 0 amide bonds. The molecule has 0 aliphatic carbocycles. The molecule has 0 aliphatic rings. The van der Waals surface area contributed by atoms with Crippen molar-refractivity contribution in [3.05, 3.63) is 54.6 Å². The van der Waals surface area contributed by atoms with E-state index in [2.05, 4.69) is 4.98 Å². The normalized spacial score (nSPS) is 10.7. The van der Waals surface area contributed by atoms with Crippen LogP contribution in [0.2, 0.25) is 0 Å². The van der Waals surface area contributed by atoms with Gasteiger partial charge < -0.3 is 4.84 Å². The third-order valence-electron chi connectivity index (χ3n) is 2.81. The van der Waals surface area contributed by atoms with E-state index >= 15 is 0 Å². The molecule has 90 valence electrons. The van der Waals surface area contributed by atoms with Crippen LogP contribution in [-0.2, 0) is 0 Å². The maximum Gasteiger partial charge on any atom is 0.176 e. The standard InChI is InChI=1S/C15H14N2O/c1-2-18-17-14-11-7-6-10-13(14)16-15(17)12-8-4-3-5-9-12/h3-11H,2H2,1H3. The molecule has 1 heterocycles. The zero-order valence-corrected chi connectivity index (χ0v) is 10.2. The van der Waals surface area contributed by atoms with Crippen molar-refractivity contribution in [2.45, 2.75) is 6.92 Å².